The van der Waals surface area contributed by atoms with Gasteiger partial charge in [-0.15, -0.1) is 0 Å². The van der Waals surface area contributed by atoms with Crippen molar-refractivity contribution in [3.63, 3.8) is 0 Å². The topological polar surface area (TPSA) is 127 Å². The van der Waals surface area contributed by atoms with Gasteiger partial charge < -0.3 is 14.2 Å². The summed E-state index contributed by atoms with van der Waals surface area (Å²) in [6.45, 7) is 4.24. The number of esters is 2. The van der Waals surface area contributed by atoms with E-state index in [0.29, 0.717) is 11.4 Å². The van der Waals surface area contributed by atoms with E-state index in [1.165, 1.54) is 35.8 Å². The summed E-state index contributed by atoms with van der Waals surface area (Å²) in [6.07, 6.45) is 2.58. The van der Waals surface area contributed by atoms with Crippen LogP contribution in [0, 0.1) is 6.92 Å². The second kappa shape index (κ2) is 7.66. The number of ether oxygens (including phenoxy) is 3. The fourth-order valence-corrected chi connectivity index (χ4v) is 2.87. The molecule has 11 heteroatoms. The lowest BCUT2D eigenvalue weighted by Crippen LogP contribution is -2.31. The summed E-state index contributed by atoms with van der Waals surface area (Å²) in [5.41, 5.74) is 0.127. The van der Waals surface area contributed by atoms with Crippen LogP contribution in [-0.2, 0) is 23.8 Å². The third kappa shape index (κ3) is 4.19. The Morgan fingerprint density at radius 3 is 2.74 bits per heavy atom. The van der Waals surface area contributed by atoms with E-state index in [9.17, 15) is 14.4 Å². The number of aryl methyl sites for hydroxylation is 1. The molecule has 0 aliphatic carbocycles. The first kappa shape index (κ1) is 18.7. The Balaban J connectivity index is 1.85. The van der Waals surface area contributed by atoms with Gasteiger partial charge in [-0.05, 0) is 6.92 Å². The van der Waals surface area contributed by atoms with Crippen molar-refractivity contribution in [3.05, 3.63) is 34.9 Å². The molecule has 0 bridgehead atoms. The molecule has 0 radical (unpaired) electrons. The second-order valence-corrected chi connectivity index (χ2v) is 6.09. The van der Waals surface area contributed by atoms with Crippen LogP contribution in [-0.4, -0.2) is 55.1 Å². The normalized spacial score (nSPS) is 21.8. The van der Waals surface area contributed by atoms with E-state index < -0.39 is 36.1 Å². The van der Waals surface area contributed by atoms with Crippen molar-refractivity contribution in [2.24, 2.45) is 0 Å². The highest BCUT2D eigenvalue weighted by Crippen LogP contribution is 2.30. The number of hydrogen-bond donors (Lipinski definition) is 0. The monoisotopic (exact) mass is 377 g/mol. The lowest BCUT2D eigenvalue weighted by molar-refractivity contribution is -0.155. The van der Waals surface area contributed by atoms with Gasteiger partial charge in [-0.2, -0.15) is 10.1 Å². The minimum Gasteiger partial charge on any atom is -0.463 e. The van der Waals surface area contributed by atoms with E-state index in [0.717, 1.165) is 0 Å². The van der Waals surface area contributed by atoms with Gasteiger partial charge in [-0.3, -0.25) is 14.2 Å². The first-order valence-corrected chi connectivity index (χ1v) is 8.26. The molecule has 3 atom stereocenters. The highest BCUT2D eigenvalue weighted by molar-refractivity contribution is 5.66. The van der Waals surface area contributed by atoms with Crippen LogP contribution < -0.4 is 5.69 Å². The Morgan fingerprint density at radius 1 is 1.33 bits per heavy atom. The molecule has 1 saturated heterocycles. The average Bonchev–Trinajstić information content (AvgIpc) is 3.24. The molecular weight excluding hydrogens is 358 g/mol. The van der Waals surface area contributed by atoms with Gasteiger partial charge in [0.25, 0.3) is 0 Å². The van der Waals surface area contributed by atoms with E-state index in [2.05, 4.69) is 15.1 Å². The highest BCUT2D eigenvalue weighted by Gasteiger charge is 2.39. The number of rotatable bonds is 5. The van der Waals surface area contributed by atoms with Crippen molar-refractivity contribution in [1.29, 1.82) is 0 Å². The molecule has 3 rings (SSSR count). The molecular formula is C16H19N5O6. The molecule has 3 heterocycles. The lowest BCUT2D eigenvalue weighted by atomic mass is 10.2. The quantitative estimate of drug-likeness (QED) is 0.657. The minimum atomic E-state index is -0.710. The van der Waals surface area contributed by atoms with Gasteiger partial charge in [-0.25, -0.2) is 14.5 Å². The number of nitrogens with zero attached hydrogens (tertiary/aromatic N) is 5. The summed E-state index contributed by atoms with van der Waals surface area (Å²) < 4.78 is 18.7. The third-order valence-electron chi connectivity index (χ3n) is 4.00. The molecule has 27 heavy (non-hydrogen) atoms. The van der Waals surface area contributed by atoms with E-state index in [1.54, 1.807) is 13.1 Å². The molecule has 1 fully saturated rings. The third-order valence-corrected chi connectivity index (χ3v) is 4.00. The molecule has 0 saturated carbocycles. The lowest BCUT2D eigenvalue weighted by Gasteiger charge is -2.18. The Morgan fingerprint density at radius 2 is 2.11 bits per heavy atom. The van der Waals surface area contributed by atoms with Crippen molar-refractivity contribution in [2.45, 2.75) is 45.6 Å². The smallest absolute Gasteiger partial charge is 0.351 e. The molecule has 11 nitrogen and oxygen atoms in total. The average molecular weight is 377 g/mol. The van der Waals surface area contributed by atoms with Crippen LogP contribution >= 0.6 is 0 Å². The molecule has 1 aliphatic heterocycles. The standard InChI is InChI=1S/C16H19N5O6/c1-9-5-20(16(24)19-15(9)21-8-17-7-18-21)14-4-12(26-11(3)23)13(27-14)6-25-10(2)22/h5,7-8,12-14H,4,6H2,1-3H3. The SMILES string of the molecule is CC(=O)OCC1OC(n2cc(C)c(-n3cncn3)nc2=O)CC1OC(C)=O. The van der Waals surface area contributed by atoms with E-state index in [4.69, 9.17) is 14.2 Å². The van der Waals surface area contributed by atoms with Crippen molar-refractivity contribution in [1.82, 2.24) is 24.3 Å². The van der Waals surface area contributed by atoms with Crippen LogP contribution in [0.25, 0.3) is 5.82 Å². The van der Waals surface area contributed by atoms with Crippen LogP contribution in [0.15, 0.2) is 23.6 Å². The maximum atomic E-state index is 12.5. The zero-order chi connectivity index (χ0) is 19.6. The van der Waals surface area contributed by atoms with Gasteiger partial charge >= 0.3 is 17.6 Å². The van der Waals surface area contributed by atoms with E-state index >= 15 is 0 Å². The highest BCUT2D eigenvalue weighted by atomic mass is 16.6. The van der Waals surface area contributed by atoms with Gasteiger partial charge in [0.05, 0.1) is 0 Å². The molecule has 2 aromatic rings. The molecule has 2 aromatic heterocycles. The largest absolute Gasteiger partial charge is 0.463 e. The summed E-state index contributed by atoms with van der Waals surface area (Å²) >= 11 is 0. The molecule has 144 valence electrons. The van der Waals surface area contributed by atoms with Gasteiger partial charge in [0.15, 0.2) is 5.82 Å². The van der Waals surface area contributed by atoms with E-state index in [1.807, 2.05) is 0 Å². The molecule has 3 unspecified atom stereocenters. The van der Waals surface area contributed by atoms with Crippen LogP contribution in [0.3, 0.4) is 0 Å². The summed E-state index contributed by atoms with van der Waals surface area (Å²) in [7, 11) is 0. The predicted octanol–water partition coefficient (Wildman–Crippen LogP) is -0.0853. The molecule has 0 N–H and O–H groups in total. The first-order chi connectivity index (χ1) is 12.8. The molecule has 0 aromatic carbocycles. The van der Waals surface area contributed by atoms with E-state index in [-0.39, 0.29) is 13.0 Å². The minimum absolute atomic E-state index is 0.0814. The zero-order valence-electron chi connectivity index (χ0n) is 15.1. The van der Waals surface area contributed by atoms with Gasteiger partial charge in [0.1, 0.15) is 37.7 Å². The summed E-state index contributed by atoms with van der Waals surface area (Å²) in [5, 5.41) is 3.97. The molecule has 0 spiro atoms. The van der Waals surface area contributed by atoms with Gasteiger partial charge in [0, 0.05) is 32.0 Å². The van der Waals surface area contributed by atoms with Crippen molar-refractivity contribution in [2.75, 3.05) is 6.61 Å². The summed E-state index contributed by atoms with van der Waals surface area (Å²) in [4.78, 5) is 42.8. The second-order valence-electron chi connectivity index (χ2n) is 6.09. The maximum Gasteiger partial charge on any atom is 0.351 e. The predicted molar refractivity (Wildman–Crippen MR) is 88.9 cm³/mol. The summed E-state index contributed by atoms with van der Waals surface area (Å²) in [5.74, 6) is -0.601. The molecule has 1 aliphatic rings. The van der Waals surface area contributed by atoms with Crippen LogP contribution in [0.2, 0.25) is 0 Å². The maximum absolute atomic E-state index is 12.5. The number of hydrogen-bond acceptors (Lipinski definition) is 9. The number of carbonyl (C=O) groups is 2. The van der Waals surface area contributed by atoms with Crippen molar-refractivity contribution < 1.29 is 23.8 Å². The Kier molecular flexibility index (Phi) is 5.31. The van der Waals surface area contributed by atoms with Gasteiger partial charge in [-0.1, -0.05) is 0 Å². The number of carbonyl (C=O) groups excluding carboxylic acids is 2. The van der Waals surface area contributed by atoms with Crippen molar-refractivity contribution >= 4 is 11.9 Å². The first-order valence-electron chi connectivity index (χ1n) is 8.26. The number of aromatic nitrogens is 5. The zero-order valence-corrected chi connectivity index (χ0v) is 15.1. The van der Waals surface area contributed by atoms with Crippen LogP contribution in [0.1, 0.15) is 32.1 Å². The van der Waals surface area contributed by atoms with Gasteiger partial charge in [0.2, 0.25) is 0 Å². The Hall–Kier alpha value is -3.08. The van der Waals surface area contributed by atoms with Crippen LogP contribution in [0.5, 0.6) is 0 Å². The Bertz CT molecular complexity index is 893. The van der Waals surface area contributed by atoms with Crippen molar-refractivity contribution in [3.8, 4) is 5.82 Å². The van der Waals surface area contributed by atoms with Crippen LogP contribution in [0.4, 0.5) is 0 Å². The summed E-state index contributed by atoms with van der Waals surface area (Å²) in [6, 6.07) is 0. The fourth-order valence-electron chi connectivity index (χ4n) is 2.87. The fraction of sp³-hybridized carbons (Fsp3) is 0.500. The Labute approximate surface area is 153 Å². The molecule has 0 amide bonds.